The highest BCUT2D eigenvalue weighted by molar-refractivity contribution is 5.75. The monoisotopic (exact) mass is 437 g/mol. The van der Waals surface area contributed by atoms with Gasteiger partial charge in [0.2, 0.25) is 5.91 Å². The number of unbranched alkanes of at least 4 members (excludes halogenated alkanes) is 2. The largest absolute Gasteiger partial charge is 0.494 e. The molecule has 32 heavy (non-hydrogen) atoms. The Balaban J connectivity index is 1.16. The zero-order valence-corrected chi connectivity index (χ0v) is 19.8. The van der Waals surface area contributed by atoms with Crippen LogP contribution in [0.15, 0.2) is 48.5 Å². The Hall–Kier alpha value is -2.53. The summed E-state index contributed by atoms with van der Waals surface area (Å²) in [6.07, 6.45) is 4.52. The predicted molar refractivity (Wildman–Crippen MR) is 133 cm³/mol. The smallest absolute Gasteiger partial charge is 0.219 e. The van der Waals surface area contributed by atoms with Gasteiger partial charge in [0.25, 0.3) is 0 Å². The molecule has 0 radical (unpaired) electrons. The summed E-state index contributed by atoms with van der Waals surface area (Å²) in [6, 6.07) is 16.9. The third-order valence-corrected chi connectivity index (χ3v) is 6.02. The zero-order valence-electron chi connectivity index (χ0n) is 19.8. The Morgan fingerprint density at radius 1 is 0.906 bits per heavy atom. The Morgan fingerprint density at radius 3 is 2.41 bits per heavy atom. The van der Waals surface area contributed by atoms with Crippen LogP contribution in [0.25, 0.3) is 0 Å². The fourth-order valence-corrected chi connectivity index (χ4v) is 4.11. The van der Waals surface area contributed by atoms with Crippen LogP contribution in [0.1, 0.15) is 43.2 Å². The second kappa shape index (κ2) is 13.1. The Morgan fingerprint density at radius 2 is 1.66 bits per heavy atom. The minimum Gasteiger partial charge on any atom is -0.494 e. The number of piperazine rings is 1. The van der Waals surface area contributed by atoms with Gasteiger partial charge in [-0.15, -0.1) is 0 Å². The molecule has 3 rings (SSSR count). The third kappa shape index (κ3) is 8.54. The Labute approximate surface area is 193 Å². The van der Waals surface area contributed by atoms with E-state index in [9.17, 15) is 4.79 Å². The van der Waals surface area contributed by atoms with Gasteiger partial charge in [-0.25, -0.2) is 0 Å². The lowest BCUT2D eigenvalue weighted by molar-refractivity contribution is -0.121. The third-order valence-electron chi connectivity index (χ3n) is 6.02. The van der Waals surface area contributed by atoms with Gasteiger partial charge in [0.1, 0.15) is 5.75 Å². The topological polar surface area (TPSA) is 44.8 Å². The number of hydrogen-bond donors (Lipinski definition) is 1. The molecule has 1 aliphatic rings. The minimum atomic E-state index is 0.160. The molecule has 0 unspecified atom stereocenters. The van der Waals surface area contributed by atoms with Crippen molar-refractivity contribution >= 4 is 11.6 Å². The number of carbonyl (C=O) groups is 1. The van der Waals surface area contributed by atoms with Gasteiger partial charge in [-0.1, -0.05) is 24.3 Å². The first-order valence-corrected chi connectivity index (χ1v) is 12.1. The van der Waals surface area contributed by atoms with Crippen LogP contribution in [0.2, 0.25) is 0 Å². The van der Waals surface area contributed by atoms with Crippen molar-refractivity contribution in [3.63, 3.8) is 0 Å². The molecule has 1 heterocycles. The molecule has 0 spiro atoms. The number of nitrogens with zero attached hydrogens (tertiary/aromatic N) is 2. The van der Waals surface area contributed by atoms with Crippen LogP contribution in [0.4, 0.5) is 5.69 Å². The summed E-state index contributed by atoms with van der Waals surface area (Å²) < 4.78 is 5.74. The highest BCUT2D eigenvalue weighted by Gasteiger charge is 2.16. The van der Waals surface area contributed by atoms with Crippen LogP contribution in [-0.2, 0) is 4.79 Å². The van der Waals surface area contributed by atoms with E-state index in [1.165, 1.54) is 16.8 Å². The second-order valence-corrected chi connectivity index (χ2v) is 8.85. The Kier molecular flexibility index (Phi) is 9.89. The number of ether oxygens (including phenoxy) is 1. The molecule has 1 N–H and O–H groups in total. The van der Waals surface area contributed by atoms with Crippen molar-refractivity contribution in [2.45, 2.75) is 46.0 Å². The zero-order chi connectivity index (χ0) is 22.6. The van der Waals surface area contributed by atoms with E-state index in [1.54, 1.807) is 0 Å². The SMILES string of the molecule is Cc1cccc(OCCCCC(=O)NCCCCN2CCN(c3cccc(C)c3)CC2)c1. The molecule has 1 saturated heterocycles. The fraction of sp³-hybridized carbons (Fsp3) is 0.519. The van der Waals surface area contributed by atoms with Crippen LogP contribution in [0, 0.1) is 13.8 Å². The van der Waals surface area contributed by atoms with Crippen LogP contribution < -0.4 is 15.0 Å². The summed E-state index contributed by atoms with van der Waals surface area (Å²) in [4.78, 5) is 17.0. The molecule has 0 aromatic heterocycles. The Bertz CT molecular complexity index is 831. The van der Waals surface area contributed by atoms with Crippen molar-refractivity contribution in [2.75, 3.05) is 50.8 Å². The molecule has 174 valence electrons. The summed E-state index contributed by atoms with van der Waals surface area (Å²) in [5.74, 6) is 1.07. The molecular weight excluding hydrogens is 398 g/mol. The van der Waals surface area contributed by atoms with E-state index in [0.717, 1.165) is 70.7 Å². The summed E-state index contributed by atoms with van der Waals surface area (Å²) >= 11 is 0. The summed E-state index contributed by atoms with van der Waals surface area (Å²) in [7, 11) is 0. The van der Waals surface area contributed by atoms with Gasteiger partial charge in [0, 0.05) is 44.8 Å². The molecule has 0 atom stereocenters. The number of nitrogens with one attached hydrogen (secondary N) is 1. The van der Waals surface area contributed by atoms with Gasteiger partial charge in [-0.05, 0) is 81.5 Å². The lowest BCUT2D eigenvalue weighted by Crippen LogP contribution is -2.46. The number of rotatable bonds is 12. The van der Waals surface area contributed by atoms with Gasteiger partial charge >= 0.3 is 0 Å². The van der Waals surface area contributed by atoms with Gasteiger partial charge < -0.3 is 15.0 Å². The molecule has 1 aliphatic heterocycles. The second-order valence-electron chi connectivity index (χ2n) is 8.85. The molecule has 5 nitrogen and oxygen atoms in total. The molecule has 2 aromatic carbocycles. The van der Waals surface area contributed by atoms with Gasteiger partial charge in [0.15, 0.2) is 0 Å². The summed E-state index contributed by atoms with van der Waals surface area (Å²) in [6.45, 7) is 11.2. The maximum absolute atomic E-state index is 12.0. The minimum absolute atomic E-state index is 0.160. The molecule has 2 aromatic rings. The first kappa shape index (κ1) is 24.1. The van der Waals surface area contributed by atoms with Gasteiger partial charge in [-0.2, -0.15) is 0 Å². The molecule has 5 heteroatoms. The summed E-state index contributed by atoms with van der Waals surface area (Å²) in [5, 5.41) is 3.06. The normalized spacial score (nSPS) is 14.4. The van der Waals surface area contributed by atoms with E-state index in [1.807, 2.05) is 18.2 Å². The maximum atomic E-state index is 12.0. The lowest BCUT2D eigenvalue weighted by Gasteiger charge is -2.36. The van der Waals surface area contributed by atoms with Gasteiger partial charge in [-0.3, -0.25) is 9.69 Å². The van der Waals surface area contributed by atoms with Crippen molar-refractivity contribution < 1.29 is 9.53 Å². The predicted octanol–water partition coefficient (Wildman–Crippen LogP) is 4.57. The number of amides is 1. The molecule has 1 amide bonds. The quantitative estimate of drug-likeness (QED) is 0.494. The molecule has 0 aliphatic carbocycles. The first-order valence-electron chi connectivity index (χ1n) is 12.1. The van der Waals surface area contributed by atoms with E-state index in [2.05, 4.69) is 59.3 Å². The van der Waals surface area contributed by atoms with Crippen molar-refractivity contribution in [2.24, 2.45) is 0 Å². The fourth-order valence-electron chi connectivity index (χ4n) is 4.11. The number of hydrogen-bond acceptors (Lipinski definition) is 4. The average Bonchev–Trinajstić information content (AvgIpc) is 2.79. The highest BCUT2D eigenvalue weighted by Crippen LogP contribution is 2.18. The number of anilines is 1. The van der Waals surface area contributed by atoms with Crippen molar-refractivity contribution in [1.82, 2.24) is 10.2 Å². The number of aryl methyl sites for hydroxylation is 2. The van der Waals surface area contributed by atoms with Crippen molar-refractivity contribution in [3.8, 4) is 5.75 Å². The van der Waals surface area contributed by atoms with E-state index < -0.39 is 0 Å². The average molecular weight is 438 g/mol. The van der Waals surface area contributed by atoms with Crippen LogP contribution in [0.5, 0.6) is 5.75 Å². The molecular formula is C27H39N3O2. The van der Waals surface area contributed by atoms with E-state index in [-0.39, 0.29) is 5.91 Å². The standard InChI is InChI=1S/C27H39N3O2/c1-23-9-7-11-25(21-23)30-18-16-29(17-19-30)15-5-4-14-28-27(31)13-3-6-20-32-26-12-8-10-24(2)22-26/h7-12,21-22H,3-6,13-20H2,1-2H3,(H,28,31). The highest BCUT2D eigenvalue weighted by atomic mass is 16.5. The van der Waals surface area contributed by atoms with Crippen LogP contribution in [0.3, 0.4) is 0 Å². The van der Waals surface area contributed by atoms with Gasteiger partial charge in [0.05, 0.1) is 6.61 Å². The number of carbonyl (C=O) groups excluding carboxylic acids is 1. The lowest BCUT2D eigenvalue weighted by atomic mass is 10.2. The summed E-state index contributed by atoms with van der Waals surface area (Å²) in [5.41, 5.74) is 3.86. The molecule has 0 saturated carbocycles. The van der Waals surface area contributed by atoms with Crippen LogP contribution >= 0.6 is 0 Å². The van der Waals surface area contributed by atoms with Crippen molar-refractivity contribution in [1.29, 1.82) is 0 Å². The van der Waals surface area contributed by atoms with Crippen LogP contribution in [-0.4, -0.2) is 56.7 Å². The maximum Gasteiger partial charge on any atom is 0.219 e. The van der Waals surface area contributed by atoms with E-state index >= 15 is 0 Å². The first-order chi connectivity index (χ1) is 15.6. The molecule has 0 bridgehead atoms. The number of benzene rings is 2. The van der Waals surface area contributed by atoms with Crippen molar-refractivity contribution in [3.05, 3.63) is 59.7 Å². The molecule has 1 fully saturated rings. The van der Waals surface area contributed by atoms with E-state index in [4.69, 9.17) is 4.74 Å². The van der Waals surface area contributed by atoms with E-state index in [0.29, 0.717) is 13.0 Å².